The number of carbonyl (C=O) groups excluding carboxylic acids is 2. The van der Waals surface area contributed by atoms with E-state index in [1.54, 1.807) is 4.90 Å². The van der Waals surface area contributed by atoms with Crippen molar-refractivity contribution in [2.75, 3.05) is 18.4 Å². The van der Waals surface area contributed by atoms with Crippen LogP contribution in [0.2, 0.25) is 0 Å². The average molecular weight is 360 g/mol. The van der Waals surface area contributed by atoms with Crippen molar-refractivity contribution in [2.45, 2.75) is 65.9 Å². The fourth-order valence-electron chi connectivity index (χ4n) is 3.22. The molecule has 1 fully saturated rings. The number of para-hydroxylation sites is 1. The lowest BCUT2D eigenvalue weighted by Gasteiger charge is -2.33. The molecule has 1 N–H and O–H groups in total. The van der Waals surface area contributed by atoms with E-state index in [1.807, 2.05) is 39.8 Å². The number of anilines is 1. The molecule has 0 saturated carbocycles. The van der Waals surface area contributed by atoms with Crippen molar-refractivity contribution in [3.8, 4) is 0 Å². The monoisotopic (exact) mass is 360 g/mol. The third-order valence-electron chi connectivity index (χ3n) is 4.69. The van der Waals surface area contributed by atoms with Crippen LogP contribution in [0.25, 0.3) is 0 Å². The van der Waals surface area contributed by atoms with Gasteiger partial charge in [-0.3, -0.25) is 4.79 Å². The maximum absolute atomic E-state index is 12.8. The molecule has 2 amide bonds. The largest absolute Gasteiger partial charge is 0.444 e. The molecule has 26 heavy (non-hydrogen) atoms. The first-order chi connectivity index (χ1) is 12.1. The Morgan fingerprint density at radius 3 is 2.35 bits per heavy atom. The predicted octanol–water partition coefficient (Wildman–Crippen LogP) is 4.70. The Labute approximate surface area is 157 Å². The van der Waals surface area contributed by atoms with Crippen molar-refractivity contribution in [3.63, 3.8) is 0 Å². The molecule has 1 aliphatic heterocycles. The normalized spacial score (nSPS) is 15.9. The summed E-state index contributed by atoms with van der Waals surface area (Å²) in [5.74, 6) is 0.317. The molecule has 1 aliphatic rings. The van der Waals surface area contributed by atoms with Crippen molar-refractivity contribution in [1.29, 1.82) is 0 Å². The molecule has 0 aromatic heterocycles. The van der Waals surface area contributed by atoms with Gasteiger partial charge in [0.25, 0.3) is 0 Å². The number of nitrogens with zero attached hydrogens (tertiary/aromatic N) is 1. The summed E-state index contributed by atoms with van der Waals surface area (Å²) in [7, 11) is 0. The Hall–Kier alpha value is -2.04. The third-order valence-corrected chi connectivity index (χ3v) is 4.69. The Kier molecular flexibility index (Phi) is 6.32. The summed E-state index contributed by atoms with van der Waals surface area (Å²) in [6.45, 7) is 13.0. The molecule has 1 saturated heterocycles. The number of piperidine rings is 1. The summed E-state index contributed by atoms with van der Waals surface area (Å²) >= 11 is 0. The fraction of sp³-hybridized carbons (Fsp3) is 0.619. The lowest BCUT2D eigenvalue weighted by Crippen LogP contribution is -2.43. The molecule has 1 heterocycles. The first-order valence-corrected chi connectivity index (χ1v) is 9.47. The Morgan fingerprint density at radius 2 is 1.81 bits per heavy atom. The highest BCUT2D eigenvalue weighted by Crippen LogP contribution is 2.29. The standard InChI is InChI=1S/C21H32N2O3/c1-14(2)17-9-7-8-15(3)18(17)22-19(24)16-10-12-23(13-11-16)20(25)26-21(4,5)6/h7-9,14,16H,10-13H2,1-6H3,(H,22,24). The van der Waals surface area contributed by atoms with Crippen molar-refractivity contribution in [1.82, 2.24) is 4.90 Å². The van der Waals surface area contributed by atoms with Gasteiger partial charge in [-0.2, -0.15) is 0 Å². The van der Waals surface area contributed by atoms with Crippen molar-refractivity contribution in [2.24, 2.45) is 5.92 Å². The Balaban J connectivity index is 1.97. The second kappa shape index (κ2) is 8.11. The van der Waals surface area contributed by atoms with Crippen LogP contribution >= 0.6 is 0 Å². The first kappa shape index (κ1) is 20.3. The van der Waals surface area contributed by atoms with E-state index >= 15 is 0 Å². The molecule has 0 radical (unpaired) electrons. The van der Waals surface area contributed by atoms with Gasteiger partial charge in [-0.15, -0.1) is 0 Å². The minimum atomic E-state index is -0.497. The third kappa shape index (κ3) is 5.23. The van der Waals surface area contributed by atoms with E-state index in [2.05, 4.69) is 25.2 Å². The number of aryl methyl sites for hydroxylation is 1. The van der Waals surface area contributed by atoms with Crippen LogP contribution in [-0.4, -0.2) is 35.6 Å². The van der Waals surface area contributed by atoms with Crippen LogP contribution < -0.4 is 5.32 Å². The van der Waals surface area contributed by atoms with E-state index in [-0.39, 0.29) is 17.9 Å². The number of ether oxygens (including phenoxy) is 1. The fourth-order valence-corrected chi connectivity index (χ4v) is 3.22. The van der Waals surface area contributed by atoms with Crippen molar-refractivity contribution >= 4 is 17.7 Å². The highest BCUT2D eigenvalue weighted by Gasteiger charge is 2.30. The zero-order chi connectivity index (χ0) is 19.5. The minimum Gasteiger partial charge on any atom is -0.444 e. The molecule has 1 aromatic rings. The van der Waals surface area contributed by atoms with Crippen LogP contribution in [0.1, 0.15) is 64.5 Å². The van der Waals surface area contributed by atoms with Gasteiger partial charge in [-0.25, -0.2) is 4.79 Å². The van der Waals surface area contributed by atoms with Crippen molar-refractivity contribution in [3.05, 3.63) is 29.3 Å². The molecule has 0 aliphatic carbocycles. The smallest absolute Gasteiger partial charge is 0.410 e. The maximum Gasteiger partial charge on any atom is 0.410 e. The van der Waals surface area contributed by atoms with Crippen LogP contribution in [-0.2, 0) is 9.53 Å². The number of rotatable bonds is 3. The summed E-state index contributed by atoms with van der Waals surface area (Å²) in [5.41, 5.74) is 2.67. The molecule has 1 aromatic carbocycles. The zero-order valence-electron chi connectivity index (χ0n) is 16.9. The molecule has 0 spiro atoms. The van der Waals surface area contributed by atoms with Crippen LogP contribution in [0.5, 0.6) is 0 Å². The number of carbonyl (C=O) groups is 2. The van der Waals surface area contributed by atoms with Gasteiger partial charge in [-0.1, -0.05) is 32.0 Å². The zero-order valence-corrected chi connectivity index (χ0v) is 16.9. The second-order valence-corrected chi connectivity index (χ2v) is 8.42. The molecule has 2 rings (SSSR count). The molecule has 5 nitrogen and oxygen atoms in total. The van der Waals surface area contributed by atoms with Crippen molar-refractivity contribution < 1.29 is 14.3 Å². The molecule has 144 valence electrons. The molecule has 0 atom stereocenters. The topological polar surface area (TPSA) is 58.6 Å². The Bertz CT molecular complexity index is 654. The van der Waals surface area contributed by atoms with E-state index in [1.165, 1.54) is 0 Å². The van der Waals surface area contributed by atoms with Gasteiger partial charge in [-0.05, 0) is 57.6 Å². The first-order valence-electron chi connectivity index (χ1n) is 9.47. The second-order valence-electron chi connectivity index (χ2n) is 8.42. The van der Waals surface area contributed by atoms with Crippen LogP contribution in [0.15, 0.2) is 18.2 Å². The number of hydrogen-bond acceptors (Lipinski definition) is 3. The number of amides is 2. The van der Waals surface area contributed by atoms with Gasteiger partial charge in [0.1, 0.15) is 5.60 Å². The lowest BCUT2D eigenvalue weighted by molar-refractivity contribution is -0.121. The average Bonchev–Trinajstić information content (AvgIpc) is 2.55. The van der Waals surface area contributed by atoms with Gasteiger partial charge < -0.3 is 15.0 Å². The SMILES string of the molecule is Cc1cccc(C(C)C)c1NC(=O)C1CCN(C(=O)OC(C)(C)C)CC1. The van der Waals surface area contributed by atoms with E-state index in [4.69, 9.17) is 4.74 Å². The number of benzene rings is 1. The van der Waals surface area contributed by atoms with Gasteiger partial charge >= 0.3 is 6.09 Å². The summed E-state index contributed by atoms with van der Waals surface area (Å²) < 4.78 is 5.41. The quantitative estimate of drug-likeness (QED) is 0.849. The molecule has 0 unspecified atom stereocenters. The summed E-state index contributed by atoms with van der Waals surface area (Å²) in [4.78, 5) is 26.6. The maximum atomic E-state index is 12.8. The predicted molar refractivity (Wildman–Crippen MR) is 104 cm³/mol. The number of likely N-dealkylation sites (tertiary alicyclic amines) is 1. The van der Waals surface area contributed by atoms with Gasteiger partial charge in [0, 0.05) is 24.7 Å². The van der Waals surface area contributed by atoms with E-state index in [0.29, 0.717) is 31.8 Å². The van der Waals surface area contributed by atoms with Crippen LogP contribution in [0.3, 0.4) is 0 Å². The lowest BCUT2D eigenvalue weighted by atomic mass is 9.94. The number of nitrogens with one attached hydrogen (secondary N) is 1. The van der Waals surface area contributed by atoms with Gasteiger partial charge in [0.2, 0.25) is 5.91 Å². The summed E-state index contributed by atoms with van der Waals surface area (Å²) in [6.07, 6.45) is 1.03. The molecule has 5 heteroatoms. The van der Waals surface area contributed by atoms with E-state index < -0.39 is 5.60 Å². The number of hydrogen-bond donors (Lipinski definition) is 1. The molecular formula is C21H32N2O3. The minimum absolute atomic E-state index is 0.0463. The van der Waals surface area contributed by atoms with Gasteiger partial charge in [0.15, 0.2) is 0 Å². The van der Waals surface area contributed by atoms with Gasteiger partial charge in [0.05, 0.1) is 0 Å². The van der Waals surface area contributed by atoms with E-state index in [9.17, 15) is 9.59 Å². The molecular weight excluding hydrogens is 328 g/mol. The Morgan fingerprint density at radius 1 is 1.19 bits per heavy atom. The summed E-state index contributed by atoms with van der Waals surface area (Å²) in [5, 5.41) is 3.14. The van der Waals surface area contributed by atoms with Crippen LogP contribution in [0.4, 0.5) is 10.5 Å². The molecule has 0 bridgehead atoms. The highest BCUT2D eigenvalue weighted by molar-refractivity contribution is 5.94. The van der Waals surface area contributed by atoms with E-state index in [0.717, 1.165) is 16.8 Å². The van der Waals surface area contributed by atoms with Crippen LogP contribution in [0, 0.1) is 12.8 Å². The highest BCUT2D eigenvalue weighted by atomic mass is 16.6. The summed E-state index contributed by atoms with van der Waals surface area (Å²) in [6, 6.07) is 6.12.